The molecule has 1 aliphatic heterocycles. The number of amides is 1. The number of sulfone groups is 2. The molecule has 8 heteroatoms. The van der Waals surface area contributed by atoms with Crippen LogP contribution in [0.25, 0.3) is 0 Å². The van der Waals surface area contributed by atoms with Crippen LogP contribution in [0.4, 0.5) is 0 Å². The third kappa shape index (κ3) is 4.80. The van der Waals surface area contributed by atoms with E-state index in [1.165, 1.54) is 17.0 Å². The fourth-order valence-electron chi connectivity index (χ4n) is 3.43. The number of carbonyl (C=O) groups is 1. The Morgan fingerprint density at radius 1 is 0.857 bits per heavy atom. The third-order valence-electron chi connectivity index (χ3n) is 4.90. The lowest BCUT2D eigenvalue weighted by Crippen LogP contribution is -2.40. The van der Waals surface area contributed by atoms with Gasteiger partial charge >= 0.3 is 0 Å². The van der Waals surface area contributed by atoms with Gasteiger partial charge in [-0.2, -0.15) is 0 Å². The molecular formula is C20H23NO5S2. The fourth-order valence-corrected chi connectivity index (χ4v) is 6.29. The highest BCUT2D eigenvalue weighted by molar-refractivity contribution is 7.91. The average molecular weight is 422 g/mol. The second-order valence-corrected chi connectivity index (χ2v) is 11.0. The fraction of sp³-hybridized carbons (Fsp3) is 0.350. The molecule has 0 bridgehead atoms. The molecule has 2 aromatic carbocycles. The van der Waals surface area contributed by atoms with E-state index in [2.05, 4.69) is 0 Å². The van der Waals surface area contributed by atoms with Crippen molar-refractivity contribution in [2.75, 3.05) is 18.1 Å². The van der Waals surface area contributed by atoms with E-state index in [4.69, 9.17) is 0 Å². The number of benzene rings is 2. The van der Waals surface area contributed by atoms with Gasteiger partial charge in [-0.1, -0.05) is 36.4 Å². The summed E-state index contributed by atoms with van der Waals surface area (Å²) in [5.74, 6) is -0.746. The van der Waals surface area contributed by atoms with Crippen LogP contribution in [-0.4, -0.2) is 51.7 Å². The Morgan fingerprint density at radius 2 is 1.39 bits per heavy atom. The number of carbonyl (C=O) groups excluding carboxylic acids is 1. The van der Waals surface area contributed by atoms with Crippen molar-refractivity contribution in [3.05, 3.63) is 60.7 Å². The molecule has 0 spiro atoms. The minimum atomic E-state index is -3.55. The second-order valence-electron chi connectivity index (χ2n) is 6.86. The highest BCUT2D eigenvalue weighted by Crippen LogP contribution is 2.23. The first-order chi connectivity index (χ1) is 13.3. The Bertz CT molecular complexity index is 1020. The first-order valence-corrected chi connectivity index (χ1v) is 12.5. The number of rotatable bonds is 7. The first kappa shape index (κ1) is 20.5. The summed E-state index contributed by atoms with van der Waals surface area (Å²) in [4.78, 5) is 14.6. The number of likely N-dealkylation sites (tertiary alicyclic amines) is 1. The van der Waals surface area contributed by atoms with Gasteiger partial charge in [0.2, 0.25) is 5.91 Å². The van der Waals surface area contributed by atoms with Crippen LogP contribution in [0.15, 0.2) is 70.5 Å². The molecule has 1 atom stereocenters. The van der Waals surface area contributed by atoms with Gasteiger partial charge in [-0.15, -0.1) is 0 Å². The van der Waals surface area contributed by atoms with E-state index in [9.17, 15) is 21.6 Å². The Balaban J connectivity index is 1.65. The highest BCUT2D eigenvalue weighted by atomic mass is 32.2. The van der Waals surface area contributed by atoms with Gasteiger partial charge in [-0.25, -0.2) is 16.8 Å². The summed E-state index contributed by atoms with van der Waals surface area (Å²) in [5.41, 5.74) is 0. The van der Waals surface area contributed by atoms with E-state index in [0.717, 1.165) is 0 Å². The predicted molar refractivity (Wildman–Crippen MR) is 106 cm³/mol. The maximum atomic E-state index is 12.6. The Hall–Kier alpha value is -2.19. The van der Waals surface area contributed by atoms with Crippen molar-refractivity contribution in [2.45, 2.75) is 35.1 Å². The molecule has 1 fully saturated rings. The summed E-state index contributed by atoms with van der Waals surface area (Å²) in [6.45, 7) is 0.458. The molecule has 0 aliphatic carbocycles. The summed E-state index contributed by atoms with van der Waals surface area (Å²) in [6, 6.07) is 15.8. The zero-order valence-electron chi connectivity index (χ0n) is 15.4. The Kier molecular flexibility index (Phi) is 6.20. The highest BCUT2D eigenvalue weighted by Gasteiger charge is 2.33. The summed E-state index contributed by atoms with van der Waals surface area (Å²) >= 11 is 0. The SMILES string of the molecule is O=C(CCS(=O)(=O)c1ccccc1)N1CCCC1CS(=O)(=O)c1ccccc1. The number of hydrogen-bond acceptors (Lipinski definition) is 5. The zero-order chi connectivity index (χ0) is 20.2. The summed E-state index contributed by atoms with van der Waals surface area (Å²) in [6.07, 6.45) is 1.16. The van der Waals surface area contributed by atoms with Gasteiger partial charge in [0.25, 0.3) is 0 Å². The van der Waals surface area contributed by atoms with E-state index in [1.54, 1.807) is 48.5 Å². The molecule has 28 heavy (non-hydrogen) atoms. The van der Waals surface area contributed by atoms with Crippen molar-refractivity contribution in [1.82, 2.24) is 4.90 Å². The molecule has 0 aromatic heterocycles. The average Bonchev–Trinajstić information content (AvgIpc) is 3.15. The molecule has 1 amide bonds. The topological polar surface area (TPSA) is 88.6 Å². The quantitative estimate of drug-likeness (QED) is 0.685. The predicted octanol–water partition coefficient (Wildman–Crippen LogP) is 2.32. The van der Waals surface area contributed by atoms with E-state index >= 15 is 0 Å². The first-order valence-electron chi connectivity index (χ1n) is 9.15. The maximum absolute atomic E-state index is 12.6. The Morgan fingerprint density at radius 3 is 1.96 bits per heavy atom. The largest absolute Gasteiger partial charge is 0.339 e. The molecule has 3 rings (SSSR count). The van der Waals surface area contributed by atoms with Gasteiger partial charge in [0, 0.05) is 19.0 Å². The van der Waals surface area contributed by atoms with Crippen LogP contribution in [0.2, 0.25) is 0 Å². The minimum absolute atomic E-state index is 0.145. The summed E-state index contributed by atoms with van der Waals surface area (Å²) < 4.78 is 50.0. The lowest BCUT2D eigenvalue weighted by Gasteiger charge is -2.24. The van der Waals surface area contributed by atoms with Gasteiger partial charge in [0.15, 0.2) is 19.7 Å². The summed E-state index contributed by atoms with van der Waals surface area (Å²) in [5, 5.41) is 0. The third-order valence-corrected chi connectivity index (χ3v) is 8.44. The molecule has 1 unspecified atom stereocenters. The molecule has 0 radical (unpaired) electrons. The van der Waals surface area contributed by atoms with E-state index in [-0.39, 0.29) is 33.6 Å². The molecule has 2 aromatic rings. The molecule has 1 saturated heterocycles. The van der Waals surface area contributed by atoms with Gasteiger partial charge in [-0.05, 0) is 37.1 Å². The van der Waals surface area contributed by atoms with Crippen molar-refractivity contribution < 1.29 is 21.6 Å². The second kappa shape index (κ2) is 8.45. The van der Waals surface area contributed by atoms with Crippen molar-refractivity contribution in [3.8, 4) is 0 Å². The number of hydrogen-bond donors (Lipinski definition) is 0. The van der Waals surface area contributed by atoms with Crippen molar-refractivity contribution >= 4 is 25.6 Å². The van der Waals surface area contributed by atoms with Gasteiger partial charge in [0.05, 0.1) is 21.3 Å². The minimum Gasteiger partial charge on any atom is -0.339 e. The van der Waals surface area contributed by atoms with Gasteiger partial charge in [-0.3, -0.25) is 4.79 Å². The van der Waals surface area contributed by atoms with Crippen LogP contribution in [0, 0.1) is 0 Å². The molecule has 0 saturated carbocycles. The number of nitrogens with zero attached hydrogens (tertiary/aromatic N) is 1. The van der Waals surface area contributed by atoms with Crippen LogP contribution in [0.5, 0.6) is 0 Å². The van der Waals surface area contributed by atoms with E-state index < -0.39 is 25.7 Å². The monoisotopic (exact) mass is 421 g/mol. The maximum Gasteiger partial charge on any atom is 0.223 e. The van der Waals surface area contributed by atoms with Crippen LogP contribution in [0.1, 0.15) is 19.3 Å². The van der Waals surface area contributed by atoms with Crippen LogP contribution >= 0.6 is 0 Å². The summed E-state index contributed by atoms with van der Waals surface area (Å²) in [7, 11) is -7.05. The van der Waals surface area contributed by atoms with Gasteiger partial charge < -0.3 is 4.90 Å². The van der Waals surface area contributed by atoms with Crippen molar-refractivity contribution in [2.24, 2.45) is 0 Å². The lowest BCUT2D eigenvalue weighted by atomic mass is 10.2. The molecule has 150 valence electrons. The zero-order valence-corrected chi connectivity index (χ0v) is 17.0. The van der Waals surface area contributed by atoms with E-state index in [0.29, 0.717) is 19.4 Å². The smallest absolute Gasteiger partial charge is 0.223 e. The molecule has 1 aliphatic rings. The van der Waals surface area contributed by atoms with Crippen molar-refractivity contribution in [3.63, 3.8) is 0 Å². The van der Waals surface area contributed by atoms with Crippen LogP contribution in [0.3, 0.4) is 0 Å². The van der Waals surface area contributed by atoms with Gasteiger partial charge in [0.1, 0.15) is 0 Å². The lowest BCUT2D eigenvalue weighted by molar-refractivity contribution is -0.131. The van der Waals surface area contributed by atoms with Crippen molar-refractivity contribution in [1.29, 1.82) is 0 Å². The Labute approximate surface area is 166 Å². The molecule has 0 N–H and O–H groups in total. The standard InChI is InChI=1S/C20H23NO5S2/c22-20(13-15-27(23,24)18-9-3-1-4-10-18)21-14-7-8-17(21)16-28(25,26)19-11-5-2-6-12-19/h1-6,9-12,17H,7-8,13-16H2. The van der Waals surface area contributed by atoms with E-state index in [1.807, 2.05) is 0 Å². The van der Waals surface area contributed by atoms with Crippen LogP contribution in [-0.2, 0) is 24.5 Å². The molecular weight excluding hydrogens is 398 g/mol. The van der Waals surface area contributed by atoms with Crippen LogP contribution < -0.4 is 0 Å². The molecule has 6 nitrogen and oxygen atoms in total. The molecule has 1 heterocycles. The normalized spacial score (nSPS) is 17.6.